The van der Waals surface area contributed by atoms with Crippen LogP contribution < -0.4 is 15.0 Å². The van der Waals surface area contributed by atoms with Gasteiger partial charge in [0.05, 0.1) is 0 Å². The van der Waals surface area contributed by atoms with E-state index >= 15 is 0 Å². The van der Waals surface area contributed by atoms with Crippen LogP contribution in [0.2, 0.25) is 5.02 Å². The number of anilines is 1. The first-order valence-electron chi connectivity index (χ1n) is 9.99. The topological polar surface area (TPSA) is 67.4 Å². The van der Waals surface area contributed by atoms with Crippen LogP contribution in [0.1, 0.15) is 24.5 Å². The van der Waals surface area contributed by atoms with Gasteiger partial charge in [-0.15, -0.1) is 5.10 Å². The Labute approximate surface area is 180 Å². The minimum Gasteiger partial charge on any atom is -0.476 e. The number of nitrogens with zero attached hydrogens (tertiary/aromatic N) is 3. The minimum absolute atomic E-state index is 0.0884. The van der Waals surface area contributed by atoms with Crippen LogP contribution in [0, 0.1) is 0 Å². The van der Waals surface area contributed by atoms with E-state index in [1.165, 1.54) is 0 Å². The minimum atomic E-state index is -0.731. The lowest BCUT2D eigenvalue weighted by Gasteiger charge is -2.33. The summed E-state index contributed by atoms with van der Waals surface area (Å²) in [5, 5.41) is 11.9. The normalized spacial score (nSPS) is 15.4. The molecule has 6 nitrogen and oxygen atoms in total. The van der Waals surface area contributed by atoms with Gasteiger partial charge in [0.25, 0.3) is 5.91 Å². The van der Waals surface area contributed by atoms with Gasteiger partial charge >= 0.3 is 0 Å². The molecular weight excluding hydrogens is 400 g/mol. The molecule has 0 radical (unpaired) electrons. The molecular formula is C23H23ClN4O2. The molecule has 1 amide bonds. The quantitative estimate of drug-likeness (QED) is 0.649. The van der Waals surface area contributed by atoms with Gasteiger partial charge in [0.2, 0.25) is 6.10 Å². The maximum Gasteiger partial charge on any atom is 0.266 e. The van der Waals surface area contributed by atoms with Crippen molar-refractivity contribution in [3.05, 3.63) is 83.5 Å². The highest BCUT2D eigenvalue weighted by Gasteiger charge is 2.27. The predicted molar refractivity (Wildman–Crippen MR) is 117 cm³/mol. The van der Waals surface area contributed by atoms with E-state index < -0.39 is 6.10 Å². The standard InChI is InChI=1S/C23H23ClN4O2/c24-18-8-10-20(11-9-18)30-22(17-5-2-1-3-6-17)23(29)26-19-12-15-28(16-13-19)21-7-4-14-25-27-21/h1-11,14,19,22H,12-13,15-16H2,(H,26,29). The molecule has 1 unspecified atom stereocenters. The molecule has 0 saturated carbocycles. The van der Waals surface area contributed by atoms with Crippen LogP contribution in [-0.4, -0.2) is 35.2 Å². The fourth-order valence-corrected chi connectivity index (χ4v) is 3.67. The molecule has 3 aromatic rings. The van der Waals surface area contributed by atoms with Crippen LogP contribution in [0.25, 0.3) is 0 Å². The number of piperidine rings is 1. The fraction of sp³-hybridized carbons (Fsp3) is 0.261. The average molecular weight is 423 g/mol. The summed E-state index contributed by atoms with van der Waals surface area (Å²) in [5.41, 5.74) is 0.807. The molecule has 2 heterocycles. The van der Waals surface area contributed by atoms with Gasteiger partial charge in [-0.25, -0.2) is 0 Å². The summed E-state index contributed by atoms with van der Waals surface area (Å²) in [5.74, 6) is 1.32. The molecule has 1 aliphatic rings. The van der Waals surface area contributed by atoms with Crippen molar-refractivity contribution < 1.29 is 9.53 Å². The van der Waals surface area contributed by atoms with Crippen molar-refractivity contribution in [1.29, 1.82) is 0 Å². The lowest BCUT2D eigenvalue weighted by molar-refractivity contribution is -0.129. The third kappa shape index (κ3) is 5.07. The Kier molecular flexibility index (Phi) is 6.44. The third-order valence-electron chi connectivity index (χ3n) is 5.13. The molecule has 4 rings (SSSR count). The van der Waals surface area contributed by atoms with Gasteiger partial charge < -0.3 is 15.0 Å². The van der Waals surface area contributed by atoms with E-state index in [0.717, 1.165) is 37.3 Å². The zero-order valence-corrected chi connectivity index (χ0v) is 17.2. The molecule has 1 N–H and O–H groups in total. The Balaban J connectivity index is 1.41. The Hall–Kier alpha value is -3.12. The van der Waals surface area contributed by atoms with E-state index in [4.69, 9.17) is 16.3 Å². The number of halogens is 1. The van der Waals surface area contributed by atoms with E-state index in [2.05, 4.69) is 20.4 Å². The number of aromatic nitrogens is 2. The molecule has 0 bridgehead atoms. The summed E-state index contributed by atoms with van der Waals surface area (Å²) in [7, 11) is 0. The van der Waals surface area contributed by atoms with Gasteiger partial charge in [-0.1, -0.05) is 41.9 Å². The molecule has 1 aromatic heterocycles. The lowest BCUT2D eigenvalue weighted by Crippen LogP contribution is -2.46. The Morgan fingerprint density at radius 2 is 1.77 bits per heavy atom. The Morgan fingerprint density at radius 1 is 1.03 bits per heavy atom. The summed E-state index contributed by atoms with van der Waals surface area (Å²) in [4.78, 5) is 15.3. The van der Waals surface area contributed by atoms with Gasteiger partial charge in [0.1, 0.15) is 5.75 Å². The smallest absolute Gasteiger partial charge is 0.266 e. The largest absolute Gasteiger partial charge is 0.476 e. The number of carbonyl (C=O) groups is 1. The van der Waals surface area contributed by atoms with Crippen molar-refractivity contribution in [2.45, 2.75) is 25.0 Å². The van der Waals surface area contributed by atoms with Gasteiger partial charge in [0, 0.05) is 35.9 Å². The Morgan fingerprint density at radius 3 is 2.43 bits per heavy atom. The number of nitrogens with one attached hydrogen (secondary N) is 1. The van der Waals surface area contributed by atoms with Gasteiger partial charge in [0.15, 0.2) is 5.82 Å². The predicted octanol–water partition coefficient (Wildman–Crippen LogP) is 4.04. The maximum atomic E-state index is 13.1. The fourth-order valence-electron chi connectivity index (χ4n) is 3.54. The molecule has 154 valence electrons. The van der Waals surface area contributed by atoms with E-state index in [-0.39, 0.29) is 11.9 Å². The van der Waals surface area contributed by atoms with Crippen molar-refractivity contribution in [1.82, 2.24) is 15.5 Å². The molecule has 2 aromatic carbocycles. The summed E-state index contributed by atoms with van der Waals surface area (Å²) < 4.78 is 6.05. The van der Waals surface area contributed by atoms with Crippen molar-refractivity contribution in [2.24, 2.45) is 0 Å². The second kappa shape index (κ2) is 9.59. The lowest BCUT2D eigenvalue weighted by atomic mass is 10.0. The highest BCUT2D eigenvalue weighted by molar-refractivity contribution is 6.30. The van der Waals surface area contributed by atoms with E-state index in [1.807, 2.05) is 42.5 Å². The SMILES string of the molecule is O=C(NC1CCN(c2cccnn2)CC1)C(Oc1ccc(Cl)cc1)c1ccccc1. The summed E-state index contributed by atoms with van der Waals surface area (Å²) >= 11 is 5.97. The van der Waals surface area contributed by atoms with Gasteiger partial charge in [-0.05, 0) is 49.2 Å². The van der Waals surface area contributed by atoms with Crippen LogP contribution in [0.3, 0.4) is 0 Å². The van der Waals surface area contributed by atoms with E-state index in [0.29, 0.717) is 10.8 Å². The van der Waals surface area contributed by atoms with Crippen LogP contribution in [-0.2, 0) is 4.79 Å². The molecule has 0 aliphatic carbocycles. The maximum absolute atomic E-state index is 13.1. The van der Waals surface area contributed by atoms with Crippen molar-refractivity contribution in [3.63, 3.8) is 0 Å². The number of benzene rings is 2. The number of hydrogen-bond acceptors (Lipinski definition) is 5. The van der Waals surface area contributed by atoms with Crippen molar-refractivity contribution in [2.75, 3.05) is 18.0 Å². The first-order valence-corrected chi connectivity index (χ1v) is 10.4. The monoisotopic (exact) mass is 422 g/mol. The Bertz CT molecular complexity index is 946. The van der Waals surface area contributed by atoms with E-state index in [1.54, 1.807) is 30.5 Å². The number of hydrogen-bond donors (Lipinski definition) is 1. The molecule has 1 atom stereocenters. The molecule has 30 heavy (non-hydrogen) atoms. The number of ether oxygens (including phenoxy) is 1. The molecule has 1 saturated heterocycles. The first kappa shape index (κ1) is 20.2. The second-order valence-corrected chi connectivity index (χ2v) is 7.65. The average Bonchev–Trinajstić information content (AvgIpc) is 2.80. The zero-order chi connectivity index (χ0) is 20.8. The van der Waals surface area contributed by atoms with Crippen LogP contribution >= 0.6 is 11.6 Å². The van der Waals surface area contributed by atoms with Crippen molar-refractivity contribution in [3.8, 4) is 5.75 Å². The summed E-state index contributed by atoms with van der Waals surface area (Å²) in [6, 6.07) is 20.5. The van der Waals surface area contributed by atoms with Crippen molar-refractivity contribution >= 4 is 23.3 Å². The van der Waals surface area contributed by atoms with Crippen LogP contribution in [0.15, 0.2) is 72.9 Å². The van der Waals surface area contributed by atoms with Gasteiger partial charge in [-0.2, -0.15) is 5.10 Å². The van der Waals surface area contributed by atoms with Crippen LogP contribution in [0.4, 0.5) is 5.82 Å². The summed E-state index contributed by atoms with van der Waals surface area (Å²) in [6.45, 7) is 1.63. The third-order valence-corrected chi connectivity index (χ3v) is 5.38. The first-order chi connectivity index (χ1) is 14.7. The number of amides is 1. The van der Waals surface area contributed by atoms with Gasteiger partial charge in [-0.3, -0.25) is 4.79 Å². The van der Waals surface area contributed by atoms with Crippen LogP contribution in [0.5, 0.6) is 5.75 Å². The molecule has 1 aliphatic heterocycles. The number of rotatable bonds is 6. The summed E-state index contributed by atoms with van der Waals surface area (Å²) in [6.07, 6.45) is 2.61. The number of carbonyl (C=O) groups excluding carboxylic acids is 1. The van der Waals surface area contributed by atoms with E-state index in [9.17, 15) is 4.79 Å². The molecule has 0 spiro atoms. The highest BCUT2D eigenvalue weighted by Crippen LogP contribution is 2.25. The zero-order valence-electron chi connectivity index (χ0n) is 16.4. The second-order valence-electron chi connectivity index (χ2n) is 7.21. The molecule has 1 fully saturated rings. The highest BCUT2D eigenvalue weighted by atomic mass is 35.5. The molecule has 7 heteroatoms.